The second-order valence-corrected chi connectivity index (χ2v) is 8.45. The Balaban J connectivity index is 2.28. The number of carbonyl (C=O) groups is 1. The van der Waals surface area contributed by atoms with E-state index in [4.69, 9.17) is 29.2 Å². The zero-order valence-electron chi connectivity index (χ0n) is 17.5. The van der Waals surface area contributed by atoms with E-state index in [2.05, 4.69) is 9.50 Å². The number of nitrogens with two attached hydrogens (primary N) is 1. The van der Waals surface area contributed by atoms with Crippen LogP contribution in [-0.2, 0) is 38.3 Å². The van der Waals surface area contributed by atoms with Gasteiger partial charge >= 0.3 is 10.4 Å². The molecule has 2 fully saturated rings. The number of nitrogens with one attached hydrogen (secondary N) is 1. The zero-order chi connectivity index (χ0) is 24.9. The van der Waals surface area contributed by atoms with Crippen molar-refractivity contribution >= 4 is 16.3 Å². The van der Waals surface area contributed by atoms with E-state index in [1.54, 1.807) is 0 Å². The van der Waals surface area contributed by atoms with Gasteiger partial charge in [-0.3, -0.25) is 9.35 Å². The van der Waals surface area contributed by atoms with E-state index in [1.165, 1.54) is 6.92 Å². The van der Waals surface area contributed by atoms with Gasteiger partial charge in [-0.1, -0.05) is 0 Å². The Morgan fingerprint density at radius 3 is 2.12 bits per heavy atom. The fourth-order valence-corrected chi connectivity index (χ4v) is 4.03. The maximum absolute atomic E-state index is 11.6. The van der Waals surface area contributed by atoms with Crippen LogP contribution in [0.15, 0.2) is 0 Å². The molecule has 2 rings (SSSR count). The standard InChI is InChI=1S/C16H30N2O14S/c1-6(21)18-9-11(23)13(8(5-20)30-15(9)28-3-2-17)31-16-12(24)14(32-33(25,26)27)10(22)7(4-19)29-16/h7-16,19-20,22-24H,2-5,17H2,1H3,(H,18,21)(H,25,26,27)/t7-,8-,9-,10+,11-,12-,13-,14+,15-,16-/m1/s1. The van der Waals surface area contributed by atoms with Gasteiger partial charge in [0.2, 0.25) is 5.91 Å². The van der Waals surface area contributed by atoms with E-state index in [9.17, 15) is 38.7 Å². The van der Waals surface area contributed by atoms with Crippen molar-refractivity contribution in [3.8, 4) is 0 Å². The van der Waals surface area contributed by atoms with Crippen LogP contribution in [0.25, 0.3) is 0 Å². The molecule has 2 heterocycles. The smallest absolute Gasteiger partial charge is 0.394 e. The van der Waals surface area contributed by atoms with Crippen molar-refractivity contribution in [1.82, 2.24) is 5.32 Å². The highest BCUT2D eigenvalue weighted by atomic mass is 32.3. The molecule has 1 amide bonds. The molecule has 17 heteroatoms. The van der Waals surface area contributed by atoms with Gasteiger partial charge in [0.1, 0.15) is 48.8 Å². The molecule has 16 nitrogen and oxygen atoms in total. The van der Waals surface area contributed by atoms with Crippen molar-refractivity contribution in [1.29, 1.82) is 0 Å². The Hall–Kier alpha value is -1.06. The van der Waals surface area contributed by atoms with Crippen LogP contribution < -0.4 is 11.1 Å². The van der Waals surface area contributed by atoms with Gasteiger partial charge in [-0.25, -0.2) is 4.18 Å². The summed E-state index contributed by atoms with van der Waals surface area (Å²) < 4.78 is 57.2. The van der Waals surface area contributed by atoms with Gasteiger partial charge in [-0.05, 0) is 0 Å². The zero-order valence-corrected chi connectivity index (χ0v) is 18.4. The summed E-state index contributed by atoms with van der Waals surface area (Å²) in [7, 11) is -5.14. The Morgan fingerprint density at radius 2 is 1.61 bits per heavy atom. The summed E-state index contributed by atoms with van der Waals surface area (Å²) in [6, 6.07) is -1.22. The van der Waals surface area contributed by atoms with Crippen LogP contribution in [0.5, 0.6) is 0 Å². The third-order valence-electron chi connectivity index (χ3n) is 4.97. The molecule has 0 spiro atoms. The number of aliphatic hydroxyl groups excluding tert-OH is 5. The van der Waals surface area contributed by atoms with Crippen molar-refractivity contribution in [3.63, 3.8) is 0 Å². The quantitative estimate of drug-likeness (QED) is 0.129. The van der Waals surface area contributed by atoms with E-state index in [0.717, 1.165) is 0 Å². The third kappa shape index (κ3) is 7.21. The number of aliphatic hydroxyl groups is 5. The molecule has 0 unspecified atom stereocenters. The maximum atomic E-state index is 11.6. The molecular weight excluding hydrogens is 476 g/mol. The molecule has 0 aromatic rings. The lowest BCUT2D eigenvalue weighted by Gasteiger charge is -2.47. The molecule has 33 heavy (non-hydrogen) atoms. The van der Waals surface area contributed by atoms with Gasteiger partial charge in [0.05, 0.1) is 19.8 Å². The molecule has 0 bridgehead atoms. The Labute approximate surface area is 189 Å². The van der Waals surface area contributed by atoms with Crippen molar-refractivity contribution < 1.29 is 66.4 Å². The summed E-state index contributed by atoms with van der Waals surface area (Å²) >= 11 is 0. The molecule has 0 aromatic heterocycles. The highest BCUT2D eigenvalue weighted by Gasteiger charge is 2.52. The van der Waals surface area contributed by atoms with Crippen molar-refractivity contribution in [2.45, 2.75) is 68.3 Å². The summed E-state index contributed by atoms with van der Waals surface area (Å²) in [6.07, 6.45) is -15.0. The van der Waals surface area contributed by atoms with Crippen LogP contribution in [0.2, 0.25) is 0 Å². The molecule has 2 aliphatic heterocycles. The van der Waals surface area contributed by atoms with Crippen LogP contribution in [0.1, 0.15) is 6.92 Å². The second kappa shape index (κ2) is 12.1. The topological polar surface area (TPSA) is 257 Å². The molecule has 0 aromatic carbocycles. The van der Waals surface area contributed by atoms with Crippen molar-refractivity contribution in [3.05, 3.63) is 0 Å². The minimum Gasteiger partial charge on any atom is -0.394 e. The minimum absolute atomic E-state index is 0.00762. The first-order chi connectivity index (χ1) is 15.4. The Morgan fingerprint density at radius 1 is 1.00 bits per heavy atom. The van der Waals surface area contributed by atoms with Crippen LogP contribution in [0, 0.1) is 0 Å². The molecule has 0 aliphatic carbocycles. The van der Waals surface area contributed by atoms with E-state index < -0.39 is 90.9 Å². The predicted molar refractivity (Wildman–Crippen MR) is 103 cm³/mol. The summed E-state index contributed by atoms with van der Waals surface area (Å²) in [4.78, 5) is 11.6. The van der Waals surface area contributed by atoms with E-state index in [0.29, 0.717) is 0 Å². The first-order valence-electron chi connectivity index (χ1n) is 9.90. The monoisotopic (exact) mass is 506 g/mol. The second-order valence-electron chi connectivity index (χ2n) is 7.40. The van der Waals surface area contributed by atoms with Crippen LogP contribution in [-0.4, -0.2) is 132 Å². The van der Waals surface area contributed by atoms with Gasteiger partial charge in [0.15, 0.2) is 12.6 Å². The van der Waals surface area contributed by atoms with Crippen molar-refractivity contribution in [2.24, 2.45) is 5.73 Å². The van der Waals surface area contributed by atoms with Gasteiger partial charge in [0, 0.05) is 13.5 Å². The Kier molecular flexibility index (Phi) is 10.3. The number of hydrogen-bond donors (Lipinski definition) is 8. The van der Waals surface area contributed by atoms with E-state index >= 15 is 0 Å². The largest absolute Gasteiger partial charge is 0.397 e. The molecule has 0 radical (unpaired) electrons. The lowest BCUT2D eigenvalue weighted by Crippen LogP contribution is -2.67. The molecule has 2 aliphatic rings. The maximum Gasteiger partial charge on any atom is 0.397 e. The molecule has 194 valence electrons. The number of hydrogen-bond acceptors (Lipinski definition) is 14. The highest BCUT2D eigenvalue weighted by Crippen LogP contribution is 2.30. The SMILES string of the molecule is CC(=O)N[C@H]1[C@H](OCCN)O[C@H](CO)[C@@H](O[C@H]2O[C@H](CO)[C@H](O)[C@H](OS(=O)(=O)O)[C@H]2O)[C@@H]1O. The van der Waals surface area contributed by atoms with Crippen LogP contribution in [0.3, 0.4) is 0 Å². The third-order valence-corrected chi connectivity index (χ3v) is 5.43. The molecular formula is C16H30N2O14S. The first-order valence-corrected chi connectivity index (χ1v) is 11.3. The van der Waals surface area contributed by atoms with Gasteiger partial charge in [-0.2, -0.15) is 8.42 Å². The normalized spacial score (nSPS) is 39.9. The molecule has 0 saturated carbocycles. The molecule has 10 atom stereocenters. The highest BCUT2D eigenvalue weighted by molar-refractivity contribution is 7.80. The Bertz CT molecular complexity index is 741. The molecule has 2 saturated heterocycles. The fourth-order valence-electron chi connectivity index (χ4n) is 3.52. The summed E-state index contributed by atoms with van der Waals surface area (Å²) in [5, 5.41) is 53.0. The fraction of sp³-hybridized carbons (Fsp3) is 0.938. The number of rotatable bonds is 10. The van der Waals surface area contributed by atoms with Gasteiger partial charge in [0.25, 0.3) is 0 Å². The minimum atomic E-state index is -5.14. The van der Waals surface area contributed by atoms with Gasteiger partial charge in [-0.15, -0.1) is 0 Å². The number of amides is 1. The first kappa shape index (κ1) is 28.2. The molecule has 9 N–H and O–H groups in total. The van der Waals surface area contributed by atoms with Gasteiger partial charge < -0.3 is 55.5 Å². The summed E-state index contributed by atoms with van der Waals surface area (Å²) in [6.45, 7) is -0.341. The average Bonchev–Trinajstić information content (AvgIpc) is 2.73. The summed E-state index contributed by atoms with van der Waals surface area (Å²) in [5.41, 5.74) is 5.39. The number of ether oxygens (including phenoxy) is 4. The van der Waals surface area contributed by atoms with E-state index in [1.807, 2.05) is 0 Å². The lowest BCUT2D eigenvalue weighted by atomic mass is 9.95. The average molecular weight is 506 g/mol. The van der Waals surface area contributed by atoms with Crippen LogP contribution in [0.4, 0.5) is 0 Å². The van der Waals surface area contributed by atoms with E-state index in [-0.39, 0.29) is 13.2 Å². The lowest BCUT2D eigenvalue weighted by molar-refractivity contribution is -0.346. The van der Waals surface area contributed by atoms with Crippen molar-refractivity contribution in [2.75, 3.05) is 26.4 Å². The predicted octanol–water partition coefficient (Wildman–Crippen LogP) is -5.44. The van der Waals surface area contributed by atoms with Crippen LogP contribution >= 0.6 is 0 Å². The summed E-state index contributed by atoms with van der Waals surface area (Å²) in [5.74, 6) is -0.566. The number of carbonyl (C=O) groups excluding carboxylic acids is 1.